The summed E-state index contributed by atoms with van der Waals surface area (Å²) in [5.74, 6) is 0.0691. The van der Waals surface area contributed by atoms with E-state index in [4.69, 9.17) is 4.74 Å². The van der Waals surface area contributed by atoms with E-state index < -0.39 is 5.97 Å². The quantitative estimate of drug-likeness (QED) is 0.405. The van der Waals surface area contributed by atoms with Crippen molar-refractivity contribution in [1.82, 2.24) is 20.1 Å². The summed E-state index contributed by atoms with van der Waals surface area (Å²) in [6, 6.07) is 14.2. The van der Waals surface area contributed by atoms with Crippen LogP contribution in [0.1, 0.15) is 33.1 Å². The molecule has 9 heteroatoms. The molecule has 1 aromatic heterocycles. The van der Waals surface area contributed by atoms with Crippen LogP contribution in [0.2, 0.25) is 0 Å². The Balaban J connectivity index is 1.69. The van der Waals surface area contributed by atoms with E-state index in [-0.39, 0.29) is 30.5 Å². The Morgan fingerprint density at radius 2 is 1.85 bits per heavy atom. The van der Waals surface area contributed by atoms with Gasteiger partial charge in [-0.1, -0.05) is 30.3 Å². The smallest absolute Gasteiger partial charge is 0.337 e. The van der Waals surface area contributed by atoms with Crippen LogP contribution in [0.3, 0.4) is 0 Å². The first kappa shape index (κ1) is 23.4. The Morgan fingerprint density at radius 3 is 2.52 bits per heavy atom. The Kier molecular flexibility index (Phi) is 7.69. The number of hydrogen-bond acceptors (Lipinski definition) is 6. The van der Waals surface area contributed by atoms with Gasteiger partial charge in [0.25, 0.3) is 0 Å². The fourth-order valence-electron chi connectivity index (χ4n) is 3.13. The third-order valence-corrected chi connectivity index (χ3v) is 4.65. The predicted octanol–water partition coefficient (Wildman–Crippen LogP) is 2.65. The molecule has 0 saturated heterocycles. The van der Waals surface area contributed by atoms with Crippen molar-refractivity contribution in [2.45, 2.75) is 26.9 Å². The number of anilines is 1. The lowest BCUT2D eigenvalue weighted by Gasteiger charge is -2.11. The molecular formula is C24H25N5O4. The van der Waals surface area contributed by atoms with Gasteiger partial charge in [-0.25, -0.2) is 14.5 Å². The second-order valence-corrected chi connectivity index (χ2v) is 7.28. The molecule has 1 heterocycles. The SMILES string of the molecule is COC(=O)c1cc(CNC(=O)Cn2nc(C)nc2C)cc(NC(=O)/C=C/c2ccccc2)c1. The minimum absolute atomic E-state index is 0.0250. The van der Waals surface area contributed by atoms with E-state index in [1.165, 1.54) is 23.9 Å². The molecule has 3 rings (SSSR count). The van der Waals surface area contributed by atoms with Crippen LogP contribution in [0, 0.1) is 13.8 Å². The largest absolute Gasteiger partial charge is 0.465 e. The normalized spacial score (nSPS) is 10.8. The third-order valence-electron chi connectivity index (χ3n) is 4.65. The van der Waals surface area contributed by atoms with Crippen LogP contribution in [-0.2, 0) is 27.4 Å². The minimum atomic E-state index is -0.549. The maximum absolute atomic E-state index is 12.4. The van der Waals surface area contributed by atoms with Gasteiger partial charge in [0, 0.05) is 18.3 Å². The molecule has 170 valence electrons. The van der Waals surface area contributed by atoms with Crippen molar-refractivity contribution in [3.8, 4) is 0 Å². The fourth-order valence-corrected chi connectivity index (χ4v) is 3.13. The molecule has 33 heavy (non-hydrogen) atoms. The Morgan fingerprint density at radius 1 is 1.09 bits per heavy atom. The number of hydrogen-bond donors (Lipinski definition) is 2. The summed E-state index contributed by atoms with van der Waals surface area (Å²) in [5, 5.41) is 9.70. The van der Waals surface area contributed by atoms with E-state index in [1.54, 1.807) is 32.1 Å². The average Bonchev–Trinajstić information content (AvgIpc) is 3.12. The number of aromatic nitrogens is 3. The van der Waals surface area contributed by atoms with Gasteiger partial charge in [0.15, 0.2) is 0 Å². The lowest BCUT2D eigenvalue weighted by molar-refractivity contribution is -0.122. The van der Waals surface area contributed by atoms with Gasteiger partial charge in [-0.05, 0) is 49.2 Å². The highest BCUT2D eigenvalue weighted by Gasteiger charge is 2.12. The molecule has 0 unspecified atom stereocenters. The zero-order valence-electron chi connectivity index (χ0n) is 18.7. The van der Waals surface area contributed by atoms with E-state index >= 15 is 0 Å². The second-order valence-electron chi connectivity index (χ2n) is 7.28. The highest BCUT2D eigenvalue weighted by atomic mass is 16.5. The number of aryl methyl sites for hydroxylation is 2. The van der Waals surface area contributed by atoms with E-state index in [2.05, 4.69) is 20.7 Å². The molecule has 2 N–H and O–H groups in total. The van der Waals surface area contributed by atoms with Crippen molar-refractivity contribution in [3.05, 3.63) is 82.9 Å². The molecule has 0 aliphatic heterocycles. The van der Waals surface area contributed by atoms with Crippen molar-refractivity contribution in [2.75, 3.05) is 12.4 Å². The zero-order valence-corrected chi connectivity index (χ0v) is 18.7. The average molecular weight is 447 g/mol. The molecule has 0 atom stereocenters. The van der Waals surface area contributed by atoms with Gasteiger partial charge < -0.3 is 15.4 Å². The van der Waals surface area contributed by atoms with Gasteiger partial charge in [-0.3, -0.25) is 9.59 Å². The molecule has 0 fully saturated rings. The lowest BCUT2D eigenvalue weighted by Crippen LogP contribution is -2.28. The van der Waals surface area contributed by atoms with Crippen molar-refractivity contribution in [2.24, 2.45) is 0 Å². The summed E-state index contributed by atoms with van der Waals surface area (Å²) in [5.41, 5.74) is 2.18. The molecule has 0 spiro atoms. The van der Waals surface area contributed by atoms with Crippen LogP contribution < -0.4 is 10.6 Å². The van der Waals surface area contributed by atoms with Gasteiger partial charge in [0.05, 0.1) is 12.7 Å². The van der Waals surface area contributed by atoms with Crippen molar-refractivity contribution in [1.29, 1.82) is 0 Å². The van der Waals surface area contributed by atoms with E-state index in [1.807, 2.05) is 30.3 Å². The summed E-state index contributed by atoms with van der Waals surface area (Å²) in [6.45, 7) is 3.70. The number of amides is 2. The number of nitrogens with zero attached hydrogens (tertiary/aromatic N) is 3. The number of nitrogens with one attached hydrogen (secondary N) is 2. The van der Waals surface area contributed by atoms with Crippen molar-refractivity contribution >= 4 is 29.5 Å². The highest BCUT2D eigenvalue weighted by molar-refractivity contribution is 6.02. The standard InChI is InChI=1S/C24H25N5O4/c1-16-26-17(2)29(28-16)15-23(31)25-14-19-11-20(24(32)33-3)13-21(12-19)27-22(30)10-9-18-7-5-4-6-8-18/h4-13H,14-15H2,1-3H3,(H,25,31)(H,27,30)/b10-9+. The molecule has 0 bridgehead atoms. The van der Waals surface area contributed by atoms with Crippen LogP contribution in [0.5, 0.6) is 0 Å². The molecule has 0 aliphatic carbocycles. The first-order chi connectivity index (χ1) is 15.8. The Labute approximate surface area is 191 Å². The number of carbonyl (C=O) groups is 3. The summed E-state index contributed by atoms with van der Waals surface area (Å²) in [7, 11) is 1.28. The number of benzene rings is 2. The molecular weight excluding hydrogens is 422 g/mol. The second kappa shape index (κ2) is 10.9. The van der Waals surface area contributed by atoms with Crippen LogP contribution in [-0.4, -0.2) is 39.7 Å². The Bertz CT molecular complexity index is 1180. The molecule has 0 aliphatic rings. The molecule has 0 saturated carbocycles. The minimum Gasteiger partial charge on any atom is -0.465 e. The van der Waals surface area contributed by atoms with Gasteiger partial charge in [-0.2, -0.15) is 5.10 Å². The topological polar surface area (TPSA) is 115 Å². The van der Waals surface area contributed by atoms with Crippen LogP contribution in [0.4, 0.5) is 5.69 Å². The van der Waals surface area contributed by atoms with Crippen molar-refractivity contribution in [3.63, 3.8) is 0 Å². The summed E-state index contributed by atoms with van der Waals surface area (Å²) in [6.07, 6.45) is 3.10. The lowest BCUT2D eigenvalue weighted by atomic mass is 10.1. The van der Waals surface area contributed by atoms with E-state index in [0.717, 1.165) is 5.56 Å². The maximum atomic E-state index is 12.4. The Hall–Kier alpha value is -4.27. The third kappa shape index (κ3) is 6.86. The van der Waals surface area contributed by atoms with Gasteiger partial charge >= 0.3 is 5.97 Å². The van der Waals surface area contributed by atoms with Crippen molar-refractivity contribution < 1.29 is 19.1 Å². The molecule has 2 amide bonds. The first-order valence-corrected chi connectivity index (χ1v) is 10.2. The van der Waals surface area contributed by atoms with E-state index in [9.17, 15) is 14.4 Å². The zero-order chi connectivity index (χ0) is 23.8. The first-order valence-electron chi connectivity index (χ1n) is 10.2. The van der Waals surface area contributed by atoms with Gasteiger partial charge in [0.1, 0.15) is 18.2 Å². The van der Waals surface area contributed by atoms with Crippen LogP contribution in [0.15, 0.2) is 54.6 Å². The monoisotopic (exact) mass is 447 g/mol. The predicted molar refractivity (Wildman–Crippen MR) is 123 cm³/mol. The highest BCUT2D eigenvalue weighted by Crippen LogP contribution is 2.17. The van der Waals surface area contributed by atoms with Gasteiger partial charge in [0.2, 0.25) is 11.8 Å². The van der Waals surface area contributed by atoms with Crippen LogP contribution >= 0.6 is 0 Å². The molecule has 3 aromatic rings. The summed E-state index contributed by atoms with van der Waals surface area (Å²) in [4.78, 5) is 40.9. The number of rotatable bonds is 8. The van der Waals surface area contributed by atoms with Gasteiger partial charge in [-0.15, -0.1) is 0 Å². The molecule has 0 radical (unpaired) electrons. The number of ether oxygens (including phenoxy) is 1. The number of methoxy groups -OCH3 is 1. The number of esters is 1. The fraction of sp³-hybridized carbons (Fsp3) is 0.208. The summed E-state index contributed by atoms with van der Waals surface area (Å²) < 4.78 is 6.32. The summed E-state index contributed by atoms with van der Waals surface area (Å²) >= 11 is 0. The van der Waals surface area contributed by atoms with E-state index in [0.29, 0.717) is 22.9 Å². The molecule has 2 aromatic carbocycles. The molecule has 9 nitrogen and oxygen atoms in total. The number of carbonyl (C=O) groups excluding carboxylic acids is 3. The maximum Gasteiger partial charge on any atom is 0.337 e. The van der Waals surface area contributed by atoms with Crippen LogP contribution in [0.25, 0.3) is 6.08 Å².